The van der Waals surface area contributed by atoms with Crippen molar-refractivity contribution in [3.63, 3.8) is 0 Å². The van der Waals surface area contributed by atoms with Crippen molar-refractivity contribution in [3.05, 3.63) is 192 Å². The van der Waals surface area contributed by atoms with Crippen molar-refractivity contribution in [1.29, 1.82) is 0 Å². The van der Waals surface area contributed by atoms with Crippen molar-refractivity contribution in [3.8, 4) is 0 Å². The quantitative estimate of drug-likeness (QED) is 0.161. The van der Waals surface area contributed by atoms with Crippen LogP contribution in [0.3, 0.4) is 0 Å². The van der Waals surface area contributed by atoms with Crippen molar-refractivity contribution in [2.75, 3.05) is 14.7 Å². The maximum atomic E-state index is 6.78. The molecule has 2 aliphatic heterocycles. The van der Waals surface area contributed by atoms with E-state index < -0.39 is 0 Å². The average molecular weight is 872 g/mol. The molecular weight excluding hydrogens is 822 g/mol. The lowest BCUT2D eigenvalue weighted by Gasteiger charge is -2.44. The van der Waals surface area contributed by atoms with Gasteiger partial charge in [0.15, 0.2) is 0 Å². The average Bonchev–Trinajstić information content (AvgIpc) is 3.89. The minimum Gasteiger partial charge on any atom is -0.456 e. The molecule has 0 amide bonds. The lowest BCUT2D eigenvalue weighted by Crippen LogP contribution is -2.60. The molecule has 8 aromatic carbocycles. The summed E-state index contributed by atoms with van der Waals surface area (Å²) in [5, 5.41) is 3.63. The Balaban J connectivity index is 1.21. The van der Waals surface area contributed by atoms with Gasteiger partial charge in [-0.2, -0.15) is 0 Å². The van der Waals surface area contributed by atoms with Crippen molar-refractivity contribution in [2.24, 2.45) is 0 Å². The largest absolute Gasteiger partial charge is 0.456 e. The molecule has 0 N–H and O–H groups in total. The molecule has 2 aromatic heterocycles. The van der Waals surface area contributed by atoms with E-state index >= 15 is 0 Å². The van der Waals surface area contributed by atoms with Crippen LogP contribution >= 0.6 is 11.3 Å². The number of aryl methyl sites for hydroxylation is 2. The summed E-state index contributed by atoms with van der Waals surface area (Å²) in [5.41, 5.74) is 20.5. The fourth-order valence-corrected chi connectivity index (χ4v) is 13.1. The minimum absolute atomic E-state index is 0.0509. The van der Waals surface area contributed by atoms with Crippen LogP contribution in [0.1, 0.15) is 62.8 Å². The Hall–Kier alpha value is -7.02. The van der Waals surface area contributed by atoms with E-state index in [4.69, 9.17) is 4.42 Å². The first kappa shape index (κ1) is 39.4. The Kier molecular flexibility index (Phi) is 8.49. The van der Waals surface area contributed by atoms with E-state index in [0.29, 0.717) is 0 Å². The highest BCUT2D eigenvalue weighted by Gasteiger charge is 2.47. The number of fused-ring (bicyclic) bond motifs is 10. The van der Waals surface area contributed by atoms with Gasteiger partial charge in [-0.15, -0.1) is 11.3 Å². The standard InChI is InChI=1S/C60H50BN3OS/c1-37-19-18-20-38(2)56(37)64-49-36-53-44(43-27-16-17-28-52(43)65-53)34-48(49)61-55-50(31-42(32-51(55)64)62(39-21-10-7-11-22-39)40-23-12-8-13-24-40)63(41-25-14-9-15-26-41)57-45-33-46-47(35-54(45)66-58(57)61)60(5,6)30-29-59(46,3)4/h7-28,31-36H,29-30H2,1-6H3. The summed E-state index contributed by atoms with van der Waals surface area (Å²) >= 11 is 2.00. The van der Waals surface area contributed by atoms with Gasteiger partial charge in [-0.05, 0) is 137 Å². The molecule has 3 aliphatic rings. The van der Waals surface area contributed by atoms with Crippen molar-refractivity contribution in [2.45, 2.75) is 65.2 Å². The highest BCUT2D eigenvalue weighted by Crippen LogP contribution is 2.54. The fourth-order valence-electron chi connectivity index (χ4n) is 11.7. The second-order valence-corrected chi connectivity index (χ2v) is 21.1. The van der Waals surface area contributed by atoms with Crippen molar-refractivity contribution < 1.29 is 4.42 Å². The number of para-hydroxylation sites is 5. The summed E-state index contributed by atoms with van der Waals surface area (Å²) in [6, 6.07) is 63.0. The van der Waals surface area contributed by atoms with Gasteiger partial charge in [-0.3, -0.25) is 0 Å². The Morgan fingerprint density at radius 1 is 0.515 bits per heavy atom. The monoisotopic (exact) mass is 871 g/mol. The molecule has 0 fully saturated rings. The van der Waals surface area contributed by atoms with Crippen molar-refractivity contribution >= 4 is 117 Å². The van der Waals surface area contributed by atoms with E-state index in [1.165, 1.54) is 77.2 Å². The smallest absolute Gasteiger partial charge is 0.264 e. The second kappa shape index (κ2) is 14.2. The van der Waals surface area contributed by atoms with Crippen LogP contribution in [0.5, 0.6) is 0 Å². The van der Waals surface area contributed by atoms with Gasteiger partial charge in [-0.1, -0.05) is 125 Å². The normalized spacial score (nSPS) is 15.5. The SMILES string of the molecule is Cc1cccc(C)c1N1c2cc3oc4ccccc4c3cc2B2c3sc4cc5c(cc4c3N(c3ccccc3)c3cc(N(c4ccccc4)c4ccccc4)cc1c32)C(C)(C)CCC5(C)C. The molecule has 1 aliphatic carbocycles. The summed E-state index contributed by atoms with van der Waals surface area (Å²) in [6.45, 7) is 14.3. The molecule has 4 nitrogen and oxygen atoms in total. The summed E-state index contributed by atoms with van der Waals surface area (Å²) < 4.78 is 9.51. The Morgan fingerprint density at radius 3 is 1.77 bits per heavy atom. The van der Waals surface area contributed by atoms with Gasteiger partial charge in [0, 0.05) is 65.8 Å². The number of nitrogens with zero attached hydrogens (tertiary/aromatic N) is 3. The topological polar surface area (TPSA) is 22.9 Å². The fraction of sp³-hybridized carbons (Fsp3) is 0.167. The first-order chi connectivity index (χ1) is 32.1. The third-order valence-electron chi connectivity index (χ3n) is 15.1. The molecule has 320 valence electrons. The number of rotatable bonds is 5. The first-order valence-corrected chi connectivity index (χ1v) is 24.2. The molecule has 0 radical (unpaired) electrons. The summed E-state index contributed by atoms with van der Waals surface area (Å²) in [5.74, 6) is 0. The molecule has 0 unspecified atom stereocenters. The summed E-state index contributed by atoms with van der Waals surface area (Å²) in [6.07, 6.45) is 2.34. The predicted octanol–water partition coefficient (Wildman–Crippen LogP) is 15.3. The number of hydrogen-bond donors (Lipinski definition) is 0. The second-order valence-electron chi connectivity index (χ2n) is 20.1. The van der Waals surface area contributed by atoms with Crippen LogP contribution in [0.4, 0.5) is 51.2 Å². The zero-order valence-corrected chi connectivity index (χ0v) is 39.1. The molecule has 6 heteroatoms. The molecule has 10 aromatic rings. The third kappa shape index (κ3) is 5.70. The van der Waals surface area contributed by atoms with E-state index in [0.717, 1.165) is 56.8 Å². The predicted molar refractivity (Wildman–Crippen MR) is 283 cm³/mol. The van der Waals surface area contributed by atoms with Crippen LogP contribution in [-0.2, 0) is 10.8 Å². The van der Waals surface area contributed by atoms with Crippen LogP contribution in [0.15, 0.2) is 174 Å². The molecular formula is C60H50BN3OS. The molecule has 13 rings (SSSR count). The number of furan rings is 1. The van der Waals surface area contributed by atoms with Crippen LogP contribution < -0.4 is 30.4 Å². The first-order valence-electron chi connectivity index (χ1n) is 23.4. The van der Waals surface area contributed by atoms with E-state index in [9.17, 15) is 0 Å². The molecule has 4 heterocycles. The van der Waals surface area contributed by atoms with Gasteiger partial charge in [0.05, 0.1) is 17.1 Å². The van der Waals surface area contributed by atoms with Gasteiger partial charge < -0.3 is 19.1 Å². The van der Waals surface area contributed by atoms with Crippen LogP contribution in [0.25, 0.3) is 32.0 Å². The number of anilines is 9. The molecule has 0 saturated heterocycles. The Morgan fingerprint density at radius 2 is 1.11 bits per heavy atom. The zero-order valence-electron chi connectivity index (χ0n) is 38.3. The number of benzene rings is 8. The summed E-state index contributed by atoms with van der Waals surface area (Å²) in [7, 11) is 0. The zero-order chi connectivity index (χ0) is 44.6. The van der Waals surface area contributed by atoms with Crippen LogP contribution in [-0.4, -0.2) is 6.71 Å². The van der Waals surface area contributed by atoms with Crippen molar-refractivity contribution in [1.82, 2.24) is 0 Å². The molecule has 0 spiro atoms. The van der Waals surface area contributed by atoms with Crippen LogP contribution in [0, 0.1) is 13.8 Å². The van der Waals surface area contributed by atoms with E-state index in [2.05, 4.69) is 226 Å². The van der Waals surface area contributed by atoms with Gasteiger partial charge >= 0.3 is 0 Å². The number of thiophene rings is 1. The van der Waals surface area contributed by atoms with E-state index in [-0.39, 0.29) is 17.5 Å². The van der Waals surface area contributed by atoms with E-state index in [1.54, 1.807) is 0 Å². The maximum Gasteiger partial charge on any atom is 0.264 e. The Bertz CT molecular complexity index is 3530. The minimum atomic E-state index is -0.0509. The van der Waals surface area contributed by atoms with Gasteiger partial charge in [0.1, 0.15) is 11.2 Å². The van der Waals surface area contributed by atoms with Gasteiger partial charge in [0.2, 0.25) is 0 Å². The molecule has 66 heavy (non-hydrogen) atoms. The highest BCUT2D eigenvalue weighted by molar-refractivity contribution is 7.33. The highest BCUT2D eigenvalue weighted by atomic mass is 32.1. The molecule has 0 atom stereocenters. The van der Waals surface area contributed by atoms with Gasteiger partial charge in [0.25, 0.3) is 6.71 Å². The lowest BCUT2D eigenvalue weighted by molar-refractivity contribution is 0.332. The Labute approximate surface area is 391 Å². The van der Waals surface area contributed by atoms with Crippen LogP contribution in [0.2, 0.25) is 0 Å². The van der Waals surface area contributed by atoms with Gasteiger partial charge in [-0.25, -0.2) is 0 Å². The molecule has 0 saturated carbocycles. The molecule has 0 bridgehead atoms. The third-order valence-corrected chi connectivity index (χ3v) is 16.3. The number of hydrogen-bond acceptors (Lipinski definition) is 5. The lowest BCUT2D eigenvalue weighted by atomic mass is 9.36. The summed E-state index contributed by atoms with van der Waals surface area (Å²) in [4.78, 5) is 7.62. The maximum absolute atomic E-state index is 6.78. The van der Waals surface area contributed by atoms with E-state index in [1.807, 2.05) is 11.3 Å².